The maximum Gasteiger partial charge on any atom is 0.153 e. The molecule has 0 spiro atoms. The fraction of sp³-hybridized carbons (Fsp3) is 0.250. The van der Waals surface area contributed by atoms with E-state index in [4.69, 9.17) is 0 Å². The molecule has 2 aromatic rings. The normalized spacial score (nSPS) is 13.0. The molecule has 5 heteroatoms. The first-order chi connectivity index (χ1) is 6.36. The molecule has 0 amide bonds. The topological polar surface area (TPSA) is 61.8 Å². The number of rotatable bonds is 3. The van der Waals surface area contributed by atoms with Crippen LogP contribution >= 0.6 is 11.3 Å². The van der Waals surface area contributed by atoms with Crippen molar-refractivity contribution in [3.8, 4) is 0 Å². The van der Waals surface area contributed by atoms with Gasteiger partial charge in [-0.3, -0.25) is 5.10 Å². The van der Waals surface area contributed by atoms with Crippen LogP contribution in [0.5, 0.6) is 0 Å². The van der Waals surface area contributed by atoms with E-state index in [1.807, 2.05) is 16.8 Å². The quantitative estimate of drug-likeness (QED) is 0.772. The van der Waals surface area contributed by atoms with Gasteiger partial charge in [0, 0.05) is 6.42 Å². The van der Waals surface area contributed by atoms with Crippen molar-refractivity contribution in [2.24, 2.45) is 0 Å². The summed E-state index contributed by atoms with van der Waals surface area (Å²) in [6, 6.07) is 1.99. The Morgan fingerprint density at radius 3 is 3.15 bits per heavy atom. The van der Waals surface area contributed by atoms with Crippen molar-refractivity contribution in [2.75, 3.05) is 0 Å². The third-order valence-electron chi connectivity index (χ3n) is 1.76. The van der Waals surface area contributed by atoms with Crippen LogP contribution in [0.1, 0.15) is 17.5 Å². The number of thiophene rings is 1. The number of hydrogen-bond donors (Lipinski definition) is 2. The summed E-state index contributed by atoms with van der Waals surface area (Å²) in [5.74, 6) is 0.520. The van der Waals surface area contributed by atoms with E-state index in [0.29, 0.717) is 12.2 Å². The van der Waals surface area contributed by atoms with Gasteiger partial charge in [0.15, 0.2) is 5.82 Å². The number of aliphatic hydroxyl groups is 1. The van der Waals surface area contributed by atoms with E-state index in [2.05, 4.69) is 15.2 Å². The number of hydrogen-bond acceptors (Lipinski definition) is 4. The number of aromatic nitrogens is 3. The SMILES string of the molecule is OC(Cc1ccsc1)c1ncn[nH]1. The van der Waals surface area contributed by atoms with Gasteiger partial charge in [0.2, 0.25) is 0 Å². The Morgan fingerprint density at radius 2 is 2.54 bits per heavy atom. The van der Waals surface area contributed by atoms with Crippen molar-refractivity contribution in [3.63, 3.8) is 0 Å². The van der Waals surface area contributed by atoms with E-state index in [1.165, 1.54) is 6.33 Å². The Balaban J connectivity index is 2.04. The molecule has 2 heterocycles. The van der Waals surface area contributed by atoms with Crippen molar-refractivity contribution in [2.45, 2.75) is 12.5 Å². The lowest BCUT2D eigenvalue weighted by molar-refractivity contribution is 0.169. The monoisotopic (exact) mass is 195 g/mol. The van der Waals surface area contributed by atoms with Crippen molar-refractivity contribution in [3.05, 3.63) is 34.5 Å². The summed E-state index contributed by atoms with van der Waals surface area (Å²) in [7, 11) is 0. The van der Waals surface area contributed by atoms with Gasteiger partial charge in [-0.1, -0.05) is 0 Å². The Hall–Kier alpha value is -1.20. The maximum absolute atomic E-state index is 9.65. The van der Waals surface area contributed by atoms with Crippen LogP contribution < -0.4 is 0 Å². The molecule has 0 radical (unpaired) electrons. The summed E-state index contributed by atoms with van der Waals surface area (Å²) in [5.41, 5.74) is 1.12. The summed E-state index contributed by atoms with van der Waals surface area (Å²) < 4.78 is 0. The molecule has 68 valence electrons. The molecule has 2 N–H and O–H groups in total. The standard InChI is InChI=1S/C8H9N3OS/c12-7(8-9-5-10-11-8)3-6-1-2-13-4-6/h1-2,4-5,7,12H,3H2,(H,9,10,11). The molecule has 0 aliphatic rings. The van der Waals surface area contributed by atoms with Crippen LogP contribution in [0.2, 0.25) is 0 Å². The molecule has 1 unspecified atom stereocenters. The second-order valence-corrected chi connectivity index (χ2v) is 3.50. The van der Waals surface area contributed by atoms with Gasteiger partial charge in [0.25, 0.3) is 0 Å². The molecule has 0 aliphatic carbocycles. The minimum Gasteiger partial charge on any atom is -0.385 e. The molecule has 0 fully saturated rings. The zero-order chi connectivity index (χ0) is 9.10. The van der Waals surface area contributed by atoms with E-state index in [1.54, 1.807) is 11.3 Å². The molecule has 4 nitrogen and oxygen atoms in total. The van der Waals surface area contributed by atoms with E-state index >= 15 is 0 Å². The molecule has 0 saturated carbocycles. The highest BCUT2D eigenvalue weighted by Gasteiger charge is 2.10. The second-order valence-electron chi connectivity index (χ2n) is 2.72. The van der Waals surface area contributed by atoms with Gasteiger partial charge >= 0.3 is 0 Å². The first-order valence-corrected chi connectivity index (χ1v) is 4.85. The zero-order valence-corrected chi connectivity index (χ0v) is 7.66. The second kappa shape index (κ2) is 3.68. The van der Waals surface area contributed by atoms with Gasteiger partial charge in [0.1, 0.15) is 12.4 Å². The van der Waals surface area contributed by atoms with Crippen LogP contribution in [0.25, 0.3) is 0 Å². The molecular weight excluding hydrogens is 186 g/mol. The van der Waals surface area contributed by atoms with E-state index < -0.39 is 6.10 Å². The van der Waals surface area contributed by atoms with Crippen LogP contribution in [0, 0.1) is 0 Å². The van der Waals surface area contributed by atoms with Gasteiger partial charge in [-0.05, 0) is 22.4 Å². The van der Waals surface area contributed by atoms with Crippen LogP contribution in [-0.4, -0.2) is 20.3 Å². The average Bonchev–Trinajstić information content (AvgIpc) is 2.74. The molecule has 1 atom stereocenters. The lowest BCUT2D eigenvalue weighted by atomic mass is 10.1. The van der Waals surface area contributed by atoms with Gasteiger partial charge in [-0.25, -0.2) is 4.98 Å². The third-order valence-corrected chi connectivity index (χ3v) is 2.49. The number of aromatic amines is 1. The van der Waals surface area contributed by atoms with Gasteiger partial charge in [-0.2, -0.15) is 16.4 Å². The van der Waals surface area contributed by atoms with Crippen molar-refractivity contribution >= 4 is 11.3 Å². The zero-order valence-electron chi connectivity index (χ0n) is 6.84. The highest BCUT2D eigenvalue weighted by Crippen LogP contribution is 2.15. The first kappa shape index (κ1) is 8.40. The van der Waals surface area contributed by atoms with Gasteiger partial charge in [-0.15, -0.1) is 0 Å². The van der Waals surface area contributed by atoms with Crippen LogP contribution in [0.4, 0.5) is 0 Å². The highest BCUT2D eigenvalue weighted by molar-refractivity contribution is 7.07. The fourth-order valence-electron chi connectivity index (χ4n) is 1.10. The molecule has 0 bridgehead atoms. The predicted molar refractivity (Wildman–Crippen MR) is 49.4 cm³/mol. The van der Waals surface area contributed by atoms with Crippen LogP contribution in [0.3, 0.4) is 0 Å². The van der Waals surface area contributed by atoms with E-state index in [-0.39, 0.29) is 0 Å². The Kier molecular flexibility index (Phi) is 2.37. The highest BCUT2D eigenvalue weighted by atomic mass is 32.1. The van der Waals surface area contributed by atoms with Crippen LogP contribution in [0.15, 0.2) is 23.2 Å². The summed E-state index contributed by atoms with van der Waals surface area (Å²) in [4.78, 5) is 3.88. The Morgan fingerprint density at radius 1 is 1.62 bits per heavy atom. The molecule has 0 aliphatic heterocycles. The van der Waals surface area contributed by atoms with Crippen molar-refractivity contribution < 1.29 is 5.11 Å². The van der Waals surface area contributed by atoms with E-state index in [9.17, 15) is 5.11 Å². The minimum absolute atomic E-state index is 0.520. The molecule has 2 aromatic heterocycles. The predicted octanol–water partition coefficient (Wildman–Crippen LogP) is 1.14. The average molecular weight is 195 g/mol. The third kappa shape index (κ3) is 1.93. The minimum atomic E-state index is -0.586. The van der Waals surface area contributed by atoms with E-state index in [0.717, 1.165) is 5.56 Å². The summed E-state index contributed by atoms with van der Waals surface area (Å²) in [6.07, 6.45) is 1.39. The number of aliphatic hydroxyl groups excluding tert-OH is 1. The molecule has 13 heavy (non-hydrogen) atoms. The van der Waals surface area contributed by atoms with Crippen LogP contribution in [-0.2, 0) is 6.42 Å². The largest absolute Gasteiger partial charge is 0.385 e. The lowest BCUT2D eigenvalue weighted by Crippen LogP contribution is -2.03. The Bertz CT molecular complexity index is 343. The first-order valence-electron chi connectivity index (χ1n) is 3.90. The maximum atomic E-state index is 9.65. The smallest absolute Gasteiger partial charge is 0.153 e. The summed E-state index contributed by atoms with van der Waals surface area (Å²) >= 11 is 1.62. The molecular formula is C8H9N3OS. The van der Waals surface area contributed by atoms with Crippen molar-refractivity contribution in [1.82, 2.24) is 15.2 Å². The summed E-state index contributed by atoms with van der Waals surface area (Å²) in [5, 5.41) is 20.0. The number of H-pyrrole nitrogens is 1. The van der Waals surface area contributed by atoms with Crippen molar-refractivity contribution in [1.29, 1.82) is 0 Å². The Labute approximate surface area is 79.3 Å². The summed E-state index contributed by atoms with van der Waals surface area (Å²) in [6.45, 7) is 0. The number of nitrogens with one attached hydrogen (secondary N) is 1. The fourth-order valence-corrected chi connectivity index (χ4v) is 1.79. The molecule has 2 rings (SSSR count). The lowest BCUT2D eigenvalue weighted by Gasteiger charge is -2.04. The van der Waals surface area contributed by atoms with Gasteiger partial charge in [0.05, 0.1) is 0 Å². The molecule has 0 saturated heterocycles. The molecule has 0 aromatic carbocycles. The number of nitrogens with zero attached hydrogens (tertiary/aromatic N) is 2. The van der Waals surface area contributed by atoms with Gasteiger partial charge < -0.3 is 5.11 Å².